The van der Waals surface area contributed by atoms with Crippen molar-refractivity contribution >= 4 is 38.6 Å². The number of halogens is 1. The van der Waals surface area contributed by atoms with E-state index in [9.17, 15) is 13.2 Å². The molecule has 3 N–H and O–H groups in total. The molecule has 2 aromatic carbocycles. The van der Waals surface area contributed by atoms with Gasteiger partial charge in [-0.05, 0) is 30.2 Å². The number of amides is 1. The van der Waals surface area contributed by atoms with Crippen LogP contribution >= 0.6 is 11.6 Å². The SMILES string of the molecule is CCC(C)C(NC(=O)CCNS(=O)(=O)c1ccccc1Cl)c1nc2ccccc2[nH]1. The Morgan fingerprint density at radius 2 is 1.87 bits per heavy atom. The van der Waals surface area contributed by atoms with E-state index in [1.165, 1.54) is 12.1 Å². The normalized spacial score (nSPS) is 13.8. The van der Waals surface area contributed by atoms with Crippen molar-refractivity contribution in [1.82, 2.24) is 20.0 Å². The number of aromatic nitrogens is 2. The van der Waals surface area contributed by atoms with Gasteiger partial charge in [-0.1, -0.05) is 56.1 Å². The molecule has 0 radical (unpaired) electrons. The third-order valence-corrected chi connectivity index (χ3v) is 6.96. The monoisotopic (exact) mass is 448 g/mol. The summed E-state index contributed by atoms with van der Waals surface area (Å²) in [6.07, 6.45) is 0.845. The van der Waals surface area contributed by atoms with Crippen LogP contribution in [0.4, 0.5) is 0 Å². The average Bonchev–Trinajstić information content (AvgIpc) is 3.15. The number of sulfonamides is 1. The first kappa shape index (κ1) is 22.3. The number of fused-ring (bicyclic) bond motifs is 1. The van der Waals surface area contributed by atoms with E-state index in [1.54, 1.807) is 12.1 Å². The number of nitrogens with zero attached hydrogens (tertiary/aromatic N) is 1. The Kier molecular flexibility index (Phi) is 7.12. The predicted octanol–water partition coefficient (Wildman–Crippen LogP) is 3.79. The third-order valence-electron chi connectivity index (χ3n) is 5.00. The lowest BCUT2D eigenvalue weighted by atomic mass is 9.98. The fraction of sp³-hybridized carbons (Fsp3) is 0.333. The highest BCUT2D eigenvalue weighted by Gasteiger charge is 2.24. The predicted molar refractivity (Wildman–Crippen MR) is 118 cm³/mol. The van der Waals surface area contributed by atoms with E-state index in [2.05, 4.69) is 20.0 Å². The highest BCUT2D eigenvalue weighted by Crippen LogP contribution is 2.25. The number of rotatable bonds is 9. The second kappa shape index (κ2) is 9.59. The Morgan fingerprint density at radius 1 is 1.17 bits per heavy atom. The Balaban J connectivity index is 1.64. The van der Waals surface area contributed by atoms with Crippen LogP contribution in [0.1, 0.15) is 38.6 Å². The molecule has 0 spiro atoms. The fourth-order valence-electron chi connectivity index (χ4n) is 3.12. The van der Waals surface area contributed by atoms with Crippen LogP contribution in [0.15, 0.2) is 53.4 Å². The Hall–Kier alpha value is -2.42. The summed E-state index contributed by atoms with van der Waals surface area (Å²) >= 11 is 5.96. The van der Waals surface area contributed by atoms with Crippen LogP contribution in [0, 0.1) is 5.92 Å². The smallest absolute Gasteiger partial charge is 0.242 e. The number of hydrogen-bond acceptors (Lipinski definition) is 4. The molecule has 0 saturated heterocycles. The van der Waals surface area contributed by atoms with E-state index in [4.69, 9.17) is 11.6 Å². The van der Waals surface area contributed by atoms with Crippen molar-refractivity contribution in [3.8, 4) is 0 Å². The lowest BCUT2D eigenvalue weighted by Crippen LogP contribution is -2.35. The standard InChI is InChI=1S/C21H25ClN4O3S/c1-3-14(2)20(21-24-16-9-5-6-10-17(16)25-21)26-19(27)12-13-23-30(28,29)18-11-7-4-8-15(18)22/h4-11,14,20,23H,3,12-13H2,1-2H3,(H,24,25)(H,26,27). The summed E-state index contributed by atoms with van der Waals surface area (Å²) in [5.74, 6) is 0.576. The zero-order chi connectivity index (χ0) is 21.7. The van der Waals surface area contributed by atoms with Crippen LogP contribution in [0.3, 0.4) is 0 Å². The van der Waals surface area contributed by atoms with Gasteiger partial charge in [-0.15, -0.1) is 0 Å². The Morgan fingerprint density at radius 3 is 2.57 bits per heavy atom. The molecule has 160 valence electrons. The van der Waals surface area contributed by atoms with Gasteiger partial charge in [-0.25, -0.2) is 18.1 Å². The molecule has 9 heteroatoms. The van der Waals surface area contributed by atoms with E-state index in [-0.39, 0.29) is 40.8 Å². The van der Waals surface area contributed by atoms with Crippen LogP contribution in [0.2, 0.25) is 5.02 Å². The highest BCUT2D eigenvalue weighted by molar-refractivity contribution is 7.89. The second-order valence-electron chi connectivity index (χ2n) is 7.15. The fourth-order valence-corrected chi connectivity index (χ4v) is 4.67. The van der Waals surface area contributed by atoms with Crippen LogP contribution in [0.25, 0.3) is 11.0 Å². The molecule has 2 atom stereocenters. The first-order valence-electron chi connectivity index (χ1n) is 9.80. The molecule has 3 rings (SSSR count). The molecular weight excluding hydrogens is 424 g/mol. The lowest BCUT2D eigenvalue weighted by Gasteiger charge is -2.22. The molecule has 1 aromatic heterocycles. The number of H-pyrrole nitrogens is 1. The summed E-state index contributed by atoms with van der Waals surface area (Å²) in [6, 6.07) is 13.6. The number of carbonyl (C=O) groups excluding carboxylic acids is 1. The minimum absolute atomic E-state index is 0.00313. The van der Waals surface area contributed by atoms with Crippen molar-refractivity contribution in [2.24, 2.45) is 5.92 Å². The van der Waals surface area contributed by atoms with Crippen LogP contribution in [0.5, 0.6) is 0 Å². The molecule has 2 unspecified atom stereocenters. The van der Waals surface area contributed by atoms with Gasteiger partial charge >= 0.3 is 0 Å². The summed E-state index contributed by atoms with van der Waals surface area (Å²) in [5, 5.41) is 3.12. The number of para-hydroxylation sites is 2. The zero-order valence-electron chi connectivity index (χ0n) is 16.9. The molecule has 30 heavy (non-hydrogen) atoms. The van der Waals surface area contributed by atoms with E-state index < -0.39 is 10.0 Å². The molecular formula is C21H25ClN4O3S. The Bertz CT molecular complexity index is 1100. The maximum absolute atomic E-state index is 12.5. The maximum atomic E-state index is 12.5. The highest BCUT2D eigenvalue weighted by atomic mass is 35.5. The van der Waals surface area contributed by atoms with Crippen molar-refractivity contribution in [3.05, 3.63) is 59.4 Å². The topological polar surface area (TPSA) is 104 Å². The number of hydrogen-bond donors (Lipinski definition) is 3. The molecule has 0 aliphatic carbocycles. The van der Waals surface area contributed by atoms with Gasteiger partial charge in [0.25, 0.3) is 0 Å². The second-order valence-corrected chi connectivity index (χ2v) is 9.29. The minimum atomic E-state index is -3.79. The number of imidazole rings is 1. The molecule has 1 amide bonds. The van der Waals surface area contributed by atoms with E-state index in [0.29, 0.717) is 5.82 Å². The first-order valence-corrected chi connectivity index (χ1v) is 11.7. The maximum Gasteiger partial charge on any atom is 0.242 e. The molecule has 1 heterocycles. The molecule has 0 bridgehead atoms. The van der Waals surface area contributed by atoms with Gasteiger partial charge in [0.1, 0.15) is 10.7 Å². The van der Waals surface area contributed by atoms with Gasteiger partial charge in [0, 0.05) is 13.0 Å². The van der Waals surface area contributed by atoms with Gasteiger partial charge in [-0.3, -0.25) is 4.79 Å². The Labute approximate surface area is 181 Å². The van der Waals surface area contributed by atoms with Crippen LogP contribution in [-0.2, 0) is 14.8 Å². The molecule has 7 nitrogen and oxygen atoms in total. The van der Waals surface area contributed by atoms with Crippen molar-refractivity contribution in [2.75, 3.05) is 6.54 Å². The average molecular weight is 449 g/mol. The molecule has 0 aliphatic heterocycles. The molecule has 0 saturated carbocycles. The first-order chi connectivity index (χ1) is 14.3. The largest absolute Gasteiger partial charge is 0.346 e. The summed E-state index contributed by atoms with van der Waals surface area (Å²) < 4.78 is 27.2. The molecule has 3 aromatic rings. The van der Waals surface area contributed by atoms with Gasteiger partial charge in [0.05, 0.1) is 22.1 Å². The summed E-state index contributed by atoms with van der Waals surface area (Å²) in [4.78, 5) is 20.4. The van der Waals surface area contributed by atoms with Gasteiger partial charge in [0.2, 0.25) is 15.9 Å². The van der Waals surface area contributed by atoms with Crippen molar-refractivity contribution < 1.29 is 13.2 Å². The van der Waals surface area contributed by atoms with Crippen LogP contribution in [-0.4, -0.2) is 30.8 Å². The molecule has 0 aliphatic rings. The molecule has 0 fully saturated rings. The summed E-state index contributed by atoms with van der Waals surface area (Å²) in [5.41, 5.74) is 1.74. The van der Waals surface area contributed by atoms with Crippen molar-refractivity contribution in [2.45, 2.75) is 37.6 Å². The lowest BCUT2D eigenvalue weighted by molar-refractivity contribution is -0.122. The van der Waals surface area contributed by atoms with Gasteiger partial charge in [-0.2, -0.15) is 0 Å². The van der Waals surface area contributed by atoms with E-state index in [0.717, 1.165) is 17.5 Å². The summed E-state index contributed by atoms with van der Waals surface area (Å²) in [7, 11) is -3.79. The number of carbonyl (C=O) groups is 1. The number of nitrogens with one attached hydrogen (secondary N) is 3. The number of benzene rings is 2. The van der Waals surface area contributed by atoms with Gasteiger partial charge in [0.15, 0.2) is 0 Å². The summed E-state index contributed by atoms with van der Waals surface area (Å²) in [6.45, 7) is 4.05. The van der Waals surface area contributed by atoms with E-state index in [1.807, 2.05) is 38.1 Å². The van der Waals surface area contributed by atoms with E-state index >= 15 is 0 Å². The van der Waals surface area contributed by atoms with Gasteiger partial charge < -0.3 is 10.3 Å². The number of aromatic amines is 1. The van der Waals surface area contributed by atoms with Crippen LogP contribution < -0.4 is 10.0 Å². The third kappa shape index (κ3) is 5.19. The van der Waals surface area contributed by atoms with Crippen molar-refractivity contribution in [3.63, 3.8) is 0 Å². The minimum Gasteiger partial charge on any atom is -0.346 e. The zero-order valence-corrected chi connectivity index (χ0v) is 18.4. The quantitative estimate of drug-likeness (QED) is 0.463. The van der Waals surface area contributed by atoms with Crippen molar-refractivity contribution in [1.29, 1.82) is 0 Å².